The van der Waals surface area contributed by atoms with Crippen LogP contribution in [0, 0.1) is 13.8 Å². The number of allylic oxidation sites excluding steroid dienone is 1. The zero-order valence-corrected chi connectivity index (χ0v) is 20.3. The van der Waals surface area contributed by atoms with Crippen molar-refractivity contribution in [2.24, 2.45) is 0 Å². The molecule has 0 fully saturated rings. The Morgan fingerprint density at radius 3 is 2.72 bits per heavy atom. The minimum absolute atomic E-state index is 0.0830. The van der Waals surface area contributed by atoms with E-state index in [0.29, 0.717) is 21.9 Å². The van der Waals surface area contributed by atoms with Crippen LogP contribution < -0.4 is 10.9 Å². The predicted molar refractivity (Wildman–Crippen MR) is 135 cm³/mol. The molecule has 0 saturated heterocycles. The van der Waals surface area contributed by atoms with Gasteiger partial charge < -0.3 is 5.32 Å². The number of thiophene rings is 2. The number of hydrogen-bond acceptors (Lipinski definition) is 6. The first-order valence-corrected chi connectivity index (χ1v) is 12.8. The van der Waals surface area contributed by atoms with Crippen LogP contribution in [-0.4, -0.2) is 21.2 Å². The number of aryl methyl sites for hydroxylation is 2. The van der Waals surface area contributed by atoms with Gasteiger partial charge in [0, 0.05) is 16.3 Å². The number of hydrogen-bond donors (Lipinski definition) is 1. The van der Waals surface area contributed by atoms with Gasteiger partial charge in [-0.2, -0.15) is 0 Å². The molecule has 0 aliphatic rings. The molecule has 3 aromatic heterocycles. The first-order valence-electron chi connectivity index (χ1n) is 10.1. The fourth-order valence-electron chi connectivity index (χ4n) is 3.46. The Balaban J connectivity index is 1.57. The maximum Gasteiger partial charge on any atom is 0.263 e. The molecule has 0 aliphatic carbocycles. The summed E-state index contributed by atoms with van der Waals surface area (Å²) in [5.74, 6) is 0.0444. The van der Waals surface area contributed by atoms with Crippen LogP contribution in [0.2, 0.25) is 0 Å². The van der Waals surface area contributed by atoms with Gasteiger partial charge in [-0.1, -0.05) is 54.2 Å². The van der Waals surface area contributed by atoms with Crippen LogP contribution >= 0.6 is 34.4 Å². The maximum absolute atomic E-state index is 13.1. The first-order chi connectivity index (χ1) is 15.5. The summed E-state index contributed by atoms with van der Waals surface area (Å²) in [7, 11) is 0. The van der Waals surface area contributed by atoms with E-state index in [1.165, 1.54) is 23.1 Å². The molecule has 0 spiro atoms. The lowest BCUT2D eigenvalue weighted by molar-refractivity contribution is -0.119. The Morgan fingerprint density at radius 2 is 2.03 bits per heavy atom. The van der Waals surface area contributed by atoms with Gasteiger partial charge in [0.2, 0.25) is 5.91 Å². The number of carbonyl (C=O) groups is 1. The predicted octanol–water partition coefficient (Wildman–Crippen LogP) is 5.32. The van der Waals surface area contributed by atoms with Gasteiger partial charge in [0.05, 0.1) is 17.2 Å². The van der Waals surface area contributed by atoms with Crippen molar-refractivity contribution in [3.63, 3.8) is 0 Å². The lowest BCUT2D eigenvalue weighted by atomic mass is 10.1. The van der Waals surface area contributed by atoms with E-state index in [-0.39, 0.29) is 23.3 Å². The maximum atomic E-state index is 13.1. The number of benzene rings is 1. The number of nitrogens with zero attached hydrogens (tertiary/aromatic N) is 2. The highest BCUT2D eigenvalue weighted by Gasteiger charge is 2.20. The zero-order valence-electron chi connectivity index (χ0n) is 17.8. The summed E-state index contributed by atoms with van der Waals surface area (Å²) >= 11 is 4.40. The van der Waals surface area contributed by atoms with Gasteiger partial charge in [-0.15, -0.1) is 29.3 Å². The third kappa shape index (κ3) is 4.57. The summed E-state index contributed by atoms with van der Waals surface area (Å²) in [5, 5.41) is 6.34. The summed E-state index contributed by atoms with van der Waals surface area (Å²) in [6.07, 6.45) is 1.68. The van der Waals surface area contributed by atoms with Crippen molar-refractivity contribution >= 4 is 50.6 Å². The minimum atomic E-state index is -0.210. The quantitative estimate of drug-likeness (QED) is 0.210. The largest absolute Gasteiger partial charge is 0.344 e. The third-order valence-electron chi connectivity index (χ3n) is 5.16. The van der Waals surface area contributed by atoms with Crippen LogP contribution in [0.4, 0.5) is 0 Å². The van der Waals surface area contributed by atoms with Crippen LogP contribution in [0.1, 0.15) is 26.9 Å². The number of nitrogens with one attached hydrogen (secondary N) is 1. The van der Waals surface area contributed by atoms with E-state index in [0.717, 1.165) is 20.9 Å². The molecule has 0 saturated carbocycles. The molecule has 1 amide bonds. The average Bonchev–Trinajstić information content (AvgIpc) is 3.42. The third-order valence-corrected chi connectivity index (χ3v) is 8.18. The molecule has 164 valence electrons. The Kier molecular flexibility index (Phi) is 6.93. The van der Waals surface area contributed by atoms with E-state index in [9.17, 15) is 9.59 Å². The zero-order chi connectivity index (χ0) is 22.7. The molecular weight excluding hydrogens is 458 g/mol. The molecule has 1 aromatic carbocycles. The molecule has 0 radical (unpaired) electrons. The molecule has 1 N–H and O–H groups in total. The minimum Gasteiger partial charge on any atom is -0.344 e. The average molecular weight is 482 g/mol. The highest BCUT2D eigenvalue weighted by atomic mass is 32.2. The molecule has 1 atom stereocenters. The van der Waals surface area contributed by atoms with E-state index in [1.807, 2.05) is 61.7 Å². The molecule has 0 unspecified atom stereocenters. The number of rotatable bonds is 8. The van der Waals surface area contributed by atoms with Gasteiger partial charge in [-0.05, 0) is 36.4 Å². The second kappa shape index (κ2) is 9.85. The molecule has 3 heterocycles. The first kappa shape index (κ1) is 22.5. The van der Waals surface area contributed by atoms with Gasteiger partial charge in [0.1, 0.15) is 4.83 Å². The van der Waals surface area contributed by atoms with E-state index in [2.05, 4.69) is 11.9 Å². The van der Waals surface area contributed by atoms with Crippen LogP contribution in [0.25, 0.3) is 10.2 Å². The van der Waals surface area contributed by atoms with E-state index in [4.69, 9.17) is 4.98 Å². The van der Waals surface area contributed by atoms with Crippen LogP contribution in [-0.2, 0) is 11.3 Å². The number of carbonyl (C=O) groups excluding carboxylic acids is 1. The molecule has 4 aromatic rings. The van der Waals surface area contributed by atoms with Gasteiger partial charge >= 0.3 is 0 Å². The topological polar surface area (TPSA) is 64.0 Å². The normalized spacial score (nSPS) is 12.1. The molecule has 32 heavy (non-hydrogen) atoms. The summed E-state index contributed by atoms with van der Waals surface area (Å²) < 4.78 is 1.60. The van der Waals surface area contributed by atoms with Crippen molar-refractivity contribution in [2.45, 2.75) is 31.6 Å². The fourth-order valence-corrected chi connectivity index (χ4v) is 6.15. The van der Waals surface area contributed by atoms with Crippen LogP contribution in [0.15, 0.2) is 70.5 Å². The summed E-state index contributed by atoms with van der Waals surface area (Å²) in [6.45, 7) is 8.06. The molecule has 5 nitrogen and oxygen atoms in total. The molecule has 0 bridgehead atoms. The second-order valence-corrected chi connectivity index (χ2v) is 10.4. The smallest absolute Gasteiger partial charge is 0.263 e. The fraction of sp³-hybridized carbons (Fsp3) is 0.208. The van der Waals surface area contributed by atoms with Crippen LogP contribution in [0.5, 0.6) is 0 Å². The summed E-state index contributed by atoms with van der Waals surface area (Å²) in [4.78, 5) is 33.6. The molecule has 0 aliphatic heterocycles. The standard InChI is InChI=1S/C24H23N3O2S3/c1-4-12-27-23(29)20-15(2)16(3)32-22(20)26-24(27)31-14-19(28)25-21(18-11-8-13-30-18)17-9-6-5-7-10-17/h4-11,13,21H,1,12,14H2,2-3H3,(H,25,28)/t21-/m1/s1. The monoisotopic (exact) mass is 481 g/mol. The summed E-state index contributed by atoms with van der Waals surface area (Å²) in [5.41, 5.74) is 1.91. The Morgan fingerprint density at radius 1 is 1.25 bits per heavy atom. The Hall–Kier alpha value is -2.68. The lowest BCUT2D eigenvalue weighted by Crippen LogP contribution is -2.30. The van der Waals surface area contributed by atoms with E-state index < -0.39 is 0 Å². The highest BCUT2D eigenvalue weighted by molar-refractivity contribution is 7.99. The highest BCUT2D eigenvalue weighted by Crippen LogP contribution is 2.29. The SMILES string of the molecule is C=CCn1c(SCC(=O)N[C@H](c2ccccc2)c2cccs2)nc2sc(C)c(C)c2c1=O. The number of fused-ring (bicyclic) bond motifs is 1. The van der Waals surface area contributed by atoms with Crippen molar-refractivity contribution in [2.75, 3.05) is 5.75 Å². The van der Waals surface area contributed by atoms with Gasteiger partial charge in [-0.3, -0.25) is 14.2 Å². The van der Waals surface area contributed by atoms with Gasteiger partial charge in [0.25, 0.3) is 5.56 Å². The number of thioether (sulfide) groups is 1. The van der Waals surface area contributed by atoms with Crippen molar-refractivity contribution in [3.8, 4) is 0 Å². The molecule has 8 heteroatoms. The number of aromatic nitrogens is 2. The van der Waals surface area contributed by atoms with Crippen molar-refractivity contribution in [1.82, 2.24) is 14.9 Å². The van der Waals surface area contributed by atoms with Crippen molar-refractivity contribution in [1.29, 1.82) is 0 Å². The summed E-state index contributed by atoms with van der Waals surface area (Å²) in [6, 6.07) is 13.7. The van der Waals surface area contributed by atoms with Crippen LogP contribution in [0.3, 0.4) is 0 Å². The molecular formula is C24H23N3O2S3. The molecule has 4 rings (SSSR count). The second-order valence-electron chi connectivity index (χ2n) is 7.28. The van der Waals surface area contributed by atoms with Gasteiger partial charge in [0.15, 0.2) is 5.16 Å². The Labute approximate surface area is 198 Å². The van der Waals surface area contributed by atoms with Crippen molar-refractivity contribution < 1.29 is 4.79 Å². The lowest BCUT2D eigenvalue weighted by Gasteiger charge is -2.18. The Bertz CT molecular complexity index is 1310. The van der Waals surface area contributed by atoms with Gasteiger partial charge in [-0.25, -0.2) is 4.98 Å². The van der Waals surface area contributed by atoms with E-state index >= 15 is 0 Å². The number of amides is 1. The van der Waals surface area contributed by atoms with Crippen molar-refractivity contribution in [3.05, 3.63) is 91.7 Å². The van der Waals surface area contributed by atoms with E-state index in [1.54, 1.807) is 22.0 Å².